The highest BCUT2D eigenvalue weighted by Gasteiger charge is 2.34. The van der Waals surface area contributed by atoms with Crippen molar-refractivity contribution in [2.45, 2.75) is 6.18 Å². The molecule has 0 aliphatic rings. The lowest BCUT2D eigenvalue weighted by atomic mass is 10.3. The second kappa shape index (κ2) is 3.75. The molecule has 0 bridgehead atoms. The molecule has 84 valence electrons. The Morgan fingerprint density at radius 3 is 2.56 bits per heavy atom. The maximum atomic E-state index is 12.4. The summed E-state index contributed by atoms with van der Waals surface area (Å²) in [5.74, 6) is -1.15. The van der Waals surface area contributed by atoms with Crippen molar-refractivity contribution in [1.82, 2.24) is 9.97 Å². The Kier molecular flexibility index (Phi) is 2.55. The first-order valence-electron chi connectivity index (χ1n) is 4.22. The van der Waals surface area contributed by atoms with E-state index in [1.807, 2.05) is 0 Å². The number of hydrogen-bond acceptors (Lipinski definition) is 4. The summed E-state index contributed by atoms with van der Waals surface area (Å²) >= 11 is 1.24. The molecule has 0 aliphatic carbocycles. The molecule has 0 aromatic carbocycles. The van der Waals surface area contributed by atoms with Crippen LogP contribution in [0.3, 0.4) is 0 Å². The van der Waals surface area contributed by atoms with E-state index in [0.717, 1.165) is 6.20 Å². The Morgan fingerprint density at radius 1 is 1.25 bits per heavy atom. The summed E-state index contributed by atoms with van der Waals surface area (Å²) in [6.45, 7) is 0. The Balaban J connectivity index is 2.49. The fourth-order valence-corrected chi connectivity index (χ4v) is 1.94. The summed E-state index contributed by atoms with van der Waals surface area (Å²) in [6, 6.07) is 3.02. The van der Waals surface area contributed by atoms with E-state index in [4.69, 9.17) is 5.73 Å². The van der Waals surface area contributed by atoms with Gasteiger partial charge in [-0.3, -0.25) is 0 Å². The fraction of sp³-hybridized carbons (Fsp3) is 0.111. The summed E-state index contributed by atoms with van der Waals surface area (Å²) in [6.07, 6.45) is -3.47. The summed E-state index contributed by atoms with van der Waals surface area (Å²) in [5, 5.41) is 1.69. The van der Waals surface area contributed by atoms with Crippen molar-refractivity contribution in [3.63, 3.8) is 0 Å². The summed E-state index contributed by atoms with van der Waals surface area (Å²) in [5.41, 5.74) is 6.20. The number of alkyl halides is 3. The molecule has 0 amide bonds. The molecule has 0 spiro atoms. The molecular weight excluding hydrogens is 239 g/mol. The Morgan fingerprint density at radius 2 is 2.00 bits per heavy atom. The number of rotatable bonds is 1. The largest absolute Gasteiger partial charge is 0.451 e. The minimum atomic E-state index is -4.54. The van der Waals surface area contributed by atoms with Crippen LogP contribution in [0.15, 0.2) is 23.7 Å². The minimum Gasteiger partial charge on any atom is -0.397 e. The lowest BCUT2D eigenvalue weighted by molar-refractivity contribution is -0.144. The number of thiophene rings is 1. The van der Waals surface area contributed by atoms with Gasteiger partial charge in [0.25, 0.3) is 0 Å². The zero-order valence-corrected chi connectivity index (χ0v) is 8.64. The molecule has 3 nitrogen and oxygen atoms in total. The average molecular weight is 245 g/mol. The molecule has 2 N–H and O–H groups in total. The number of halogens is 3. The van der Waals surface area contributed by atoms with E-state index in [2.05, 4.69) is 9.97 Å². The number of anilines is 1. The van der Waals surface area contributed by atoms with Crippen LogP contribution in [0.5, 0.6) is 0 Å². The highest BCUT2D eigenvalue weighted by atomic mass is 32.1. The Labute approximate surface area is 92.8 Å². The van der Waals surface area contributed by atoms with Crippen LogP contribution in [-0.2, 0) is 6.18 Å². The molecular formula is C9H6F3N3S. The highest BCUT2D eigenvalue weighted by molar-refractivity contribution is 7.14. The number of nitrogens with two attached hydrogens (primary N) is 1. The summed E-state index contributed by atoms with van der Waals surface area (Å²) in [7, 11) is 0. The van der Waals surface area contributed by atoms with Gasteiger partial charge in [-0.2, -0.15) is 13.2 Å². The number of nitrogen functional groups attached to an aromatic ring is 1. The van der Waals surface area contributed by atoms with Gasteiger partial charge in [0, 0.05) is 6.20 Å². The summed E-state index contributed by atoms with van der Waals surface area (Å²) < 4.78 is 37.1. The molecule has 0 atom stereocenters. The van der Waals surface area contributed by atoms with Gasteiger partial charge in [0.1, 0.15) is 0 Å². The molecule has 2 heterocycles. The molecule has 0 saturated heterocycles. The molecule has 2 rings (SSSR count). The zero-order chi connectivity index (χ0) is 11.8. The third-order valence-corrected chi connectivity index (χ3v) is 2.79. The first-order chi connectivity index (χ1) is 7.48. The number of nitrogens with zero attached hydrogens (tertiary/aromatic N) is 2. The molecule has 2 aromatic rings. The molecule has 0 aliphatic heterocycles. The van der Waals surface area contributed by atoms with E-state index in [1.54, 1.807) is 11.4 Å². The quantitative estimate of drug-likeness (QED) is 0.840. The van der Waals surface area contributed by atoms with Crippen LogP contribution in [0.1, 0.15) is 5.82 Å². The van der Waals surface area contributed by atoms with Crippen LogP contribution in [0, 0.1) is 0 Å². The second-order valence-electron chi connectivity index (χ2n) is 2.97. The van der Waals surface area contributed by atoms with Crippen LogP contribution in [0.25, 0.3) is 10.6 Å². The maximum absolute atomic E-state index is 12.4. The van der Waals surface area contributed by atoms with E-state index in [-0.39, 0.29) is 5.69 Å². The van der Waals surface area contributed by atoms with Gasteiger partial charge in [-0.05, 0) is 17.5 Å². The van der Waals surface area contributed by atoms with Crippen molar-refractivity contribution in [3.05, 3.63) is 29.5 Å². The van der Waals surface area contributed by atoms with E-state index in [9.17, 15) is 13.2 Å². The minimum absolute atomic E-state index is 0.190. The maximum Gasteiger partial charge on any atom is 0.451 e. The first kappa shape index (κ1) is 10.9. The Bertz CT molecular complexity index is 507. The molecule has 7 heteroatoms. The van der Waals surface area contributed by atoms with Crippen molar-refractivity contribution in [3.8, 4) is 10.6 Å². The zero-order valence-electron chi connectivity index (χ0n) is 7.82. The number of hydrogen-bond donors (Lipinski definition) is 1. The monoisotopic (exact) mass is 245 g/mol. The molecule has 16 heavy (non-hydrogen) atoms. The SMILES string of the molecule is Nc1ccsc1-c1ccnc(C(F)(F)F)n1. The number of aromatic nitrogens is 2. The van der Waals surface area contributed by atoms with E-state index < -0.39 is 12.0 Å². The van der Waals surface area contributed by atoms with Gasteiger partial charge < -0.3 is 5.73 Å². The molecule has 2 aromatic heterocycles. The average Bonchev–Trinajstić information content (AvgIpc) is 2.63. The van der Waals surface area contributed by atoms with Gasteiger partial charge in [-0.1, -0.05) is 0 Å². The predicted molar refractivity (Wildman–Crippen MR) is 54.8 cm³/mol. The van der Waals surface area contributed by atoms with E-state index >= 15 is 0 Å². The van der Waals surface area contributed by atoms with Crippen LogP contribution >= 0.6 is 11.3 Å². The van der Waals surface area contributed by atoms with Crippen molar-refractivity contribution >= 4 is 17.0 Å². The van der Waals surface area contributed by atoms with E-state index in [1.165, 1.54) is 17.4 Å². The van der Waals surface area contributed by atoms with Crippen molar-refractivity contribution in [2.75, 3.05) is 5.73 Å². The van der Waals surface area contributed by atoms with Gasteiger partial charge in [-0.25, -0.2) is 9.97 Å². The highest BCUT2D eigenvalue weighted by Crippen LogP contribution is 2.32. The Hall–Kier alpha value is -1.63. The molecule has 0 saturated carbocycles. The lowest BCUT2D eigenvalue weighted by Crippen LogP contribution is -2.10. The van der Waals surface area contributed by atoms with Crippen LogP contribution in [0.4, 0.5) is 18.9 Å². The molecule has 0 unspecified atom stereocenters. The normalized spacial score (nSPS) is 11.7. The van der Waals surface area contributed by atoms with Gasteiger partial charge in [0.15, 0.2) is 0 Å². The predicted octanol–water partition coefficient (Wildman–Crippen LogP) is 2.81. The van der Waals surface area contributed by atoms with Gasteiger partial charge in [-0.15, -0.1) is 11.3 Å². The van der Waals surface area contributed by atoms with Gasteiger partial charge in [0.2, 0.25) is 5.82 Å². The van der Waals surface area contributed by atoms with Gasteiger partial charge in [0.05, 0.1) is 16.3 Å². The topological polar surface area (TPSA) is 51.8 Å². The third kappa shape index (κ3) is 1.99. The summed E-state index contributed by atoms with van der Waals surface area (Å²) in [4.78, 5) is 7.14. The smallest absolute Gasteiger partial charge is 0.397 e. The third-order valence-electron chi connectivity index (χ3n) is 1.84. The fourth-order valence-electron chi connectivity index (χ4n) is 1.15. The lowest BCUT2D eigenvalue weighted by Gasteiger charge is -2.05. The van der Waals surface area contributed by atoms with Crippen LogP contribution in [0.2, 0.25) is 0 Å². The van der Waals surface area contributed by atoms with E-state index in [0.29, 0.717) is 10.6 Å². The van der Waals surface area contributed by atoms with Crippen LogP contribution < -0.4 is 5.73 Å². The second-order valence-corrected chi connectivity index (χ2v) is 3.88. The van der Waals surface area contributed by atoms with Crippen LogP contribution in [-0.4, -0.2) is 9.97 Å². The van der Waals surface area contributed by atoms with Gasteiger partial charge >= 0.3 is 6.18 Å². The van der Waals surface area contributed by atoms with Crippen molar-refractivity contribution < 1.29 is 13.2 Å². The first-order valence-corrected chi connectivity index (χ1v) is 5.10. The van der Waals surface area contributed by atoms with Crippen molar-refractivity contribution in [2.24, 2.45) is 0 Å². The molecule has 0 radical (unpaired) electrons. The molecule has 0 fully saturated rings. The standard InChI is InChI=1S/C9H6F3N3S/c10-9(11,12)8-14-3-1-6(15-8)7-5(13)2-4-16-7/h1-4H,13H2. The van der Waals surface area contributed by atoms with Crippen molar-refractivity contribution in [1.29, 1.82) is 0 Å².